The van der Waals surface area contributed by atoms with Crippen LogP contribution in [0.15, 0.2) is 12.1 Å². The standard InChI is InChI=1S/C13H20ClNO/c1-8(2)11-5-10(14)6-12(9(3)7-15)13(11)16-4/h5-6,8-9H,7,15H2,1-4H3. The molecule has 0 saturated carbocycles. The number of methoxy groups -OCH3 is 1. The molecule has 0 aliphatic carbocycles. The Hall–Kier alpha value is -0.730. The van der Waals surface area contributed by atoms with Crippen LogP contribution in [0, 0.1) is 0 Å². The Bertz CT molecular complexity index is 363. The number of nitrogens with two attached hydrogens (primary N) is 1. The second-order valence-electron chi connectivity index (χ2n) is 4.41. The van der Waals surface area contributed by atoms with Crippen LogP contribution in [0.1, 0.15) is 43.7 Å². The lowest BCUT2D eigenvalue weighted by Crippen LogP contribution is -2.11. The van der Waals surface area contributed by atoms with Crippen molar-refractivity contribution in [3.8, 4) is 5.75 Å². The first kappa shape index (κ1) is 13.3. The van der Waals surface area contributed by atoms with Gasteiger partial charge in [-0.2, -0.15) is 0 Å². The van der Waals surface area contributed by atoms with E-state index in [0.717, 1.165) is 21.9 Å². The van der Waals surface area contributed by atoms with Gasteiger partial charge in [0.25, 0.3) is 0 Å². The first-order chi connectivity index (χ1) is 7.51. The SMILES string of the molecule is COc1c(C(C)C)cc(Cl)cc1C(C)CN. The molecular formula is C13H20ClNO. The topological polar surface area (TPSA) is 35.2 Å². The molecule has 3 heteroatoms. The molecule has 0 fully saturated rings. The number of hydrogen-bond donors (Lipinski definition) is 1. The van der Waals surface area contributed by atoms with Crippen LogP contribution in [0.4, 0.5) is 0 Å². The largest absolute Gasteiger partial charge is 0.496 e. The Morgan fingerprint density at radius 2 is 1.81 bits per heavy atom. The van der Waals surface area contributed by atoms with Gasteiger partial charge in [0.1, 0.15) is 5.75 Å². The Kier molecular flexibility index (Phi) is 4.63. The highest BCUT2D eigenvalue weighted by molar-refractivity contribution is 6.30. The summed E-state index contributed by atoms with van der Waals surface area (Å²) < 4.78 is 5.50. The molecule has 2 nitrogen and oxygen atoms in total. The van der Waals surface area contributed by atoms with Gasteiger partial charge < -0.3 is 10.5 Å². The average molecular weight is 242 g/mol. The van der Waals surface area contributed by atoms with Gasteiger partial charge >= 0.3 is 0 Å². The van der Waals surface area contributed by atoms with Crippen molar-refractivity contribution in [2.75, 3.05) is 13.7 Å². The normalized spacial score (nSPS) is 12.9. The smallest absolute Gasteiger partial charge is 0.125 e. The molecule has 0 aromatic heterocycles. The summed E-state index contributed by atoms with van der Waals surface area (Å²) in [6.45, 7) is 6.93. The van der Waals surface area contributed by atoms with Crippen molar-refractivity contribution in [1.82, 2.24) is 0 Å². The van der Waals surface area contributed by atoms with E-state index in [2.05, 4.69) is 20.8 Å². The summed E-state index contributed by atoms with van der Waals surface area (Å²) in [7, 11) is 1.70. The van der Waals surface area contributed by atoms with Crippen molar-refractivity contribution >= 4 is 11.6 Å². The first-order valence-electron chi connectivity index (χ1n) is 5.58. The van der Waals surface area contributed by atoms with Gasteiger partial charge in [-0.05, 0) is 41.6 Å². The fraction of sp³-hybridized carbons (Fsp3) is 0.538. The minimum Gasteiger partial charge on any atom is -0.496 e. The van der Waals surface area contributed by atoms with Gasteiger partial charge in [0.2, 0.25) is 0 Å². The Morgan fingerprint density at radius 1 is 1.25 bits per heavy atom. The van der Waals surface area contributed by atoms with Crippen LogP contribution in [0.2, 0.25) is 5.02 Å². The van der Waals surface area contributed by atoms with Gasteiger partial charge in [-0.25, -0.2) is 0 Å². The van der Waals surface area contributed by atoms with E-state index in [1.807, 2.05) is 12.1 Å². The summed E-state index contributed by atoms with van der Waals surface area (Å²) in [6, 6.07) is 3.92. The van der Waals surface area contributed by atoms with E-state index in [4.69, 9.17) is 22.1 Å². The summed E-state index contributed by atoms with van der Waals surface area (Å²) >= 11 is 6.13. The summed E-state index contributed by atoms with van der Waals surface area (Å²) in [5, 5.41) is 0.750. The van der Waals surface area contributed by atoms with E-state index < -0.39 is 0 Å². The summed E-state index contributed by atoms with van der Waals surface area (Å²) in [4.78, 5) is 0. The third kappa shape index (κ3) is 2.69. The number of benzene rings is 1. The monoisotopic (exact) mass is 241 g/mol. The van der Waals surface area contributed by atoms with Crippen molar-refractivity contribution in [1.29, 1.82) is 0 Å². The van der Waals surface area contributed by atoms with Crippen LogP contribution < -0.4 is 10.5 Å². The Balaban J connectivity index is 3.35. The lowest BCUT2D eigenvalue weighted by molar-refractivity contribution is 0.399. The highest BCUT2D eigenvalue weighted by Crippen LogP contribution is 2.36. The van der Waals surface area contributed by atoms with Crippen LogP contribution in [0.3, 0.4) is 0 Å². The molecule has 0 saturated heterocycles. The minimum absolute atomic E-state index is 0.256. The zero-order valence-electron chi connectivity index (χ0n) is 10.4. The number of ether oxygens (including phenoxy) is 1. The second kappa shape index (κ2) is 5.55. The molecule has 0 heterocycles. The second-order valence-corrected chi connectivity index (χ2v) is 4.85. The van der Waals surface area contributed by atoms with Gasteiger partial charge in [-0.15, -0.1) is 0 Å². The molecule has 2 N–H and O–H groups in total. The predicted octanol–water partition coefficient (Wildman–Crippen LogP) is 3.53. The molecule has 0 radical (unpaired) electrons. The van der Waals surface area contributed by atoms with Crippen LogP contribution in [-0.2, 0) is 0 Å². The third-order valence-corrected chi connectivity index (χ3v) is 3.04. The van der Waals surface area contributed by atoms with Crippen molar-refractivity contribution in [3.05, 3.63) is 28.3 Å². The van der Waals surface area contributed by atoms with Crippen molar-refractivity contribution < 1.29 is 4.74 Å². The molecule has 0 aliphatic heterocycles. The first-order valence-corrected chi connectivity index (χ1v) is 5.96. The summed E-state index contributed by atoms with van der Waals surface area (Å²) in [5.41, 5.74) is 7.95. The minimum atomic E-state index is 0.256. The molecule has 1 aromatic rings. The lowest BCUT2D eigenvalue weighted by Gasteiger charge is -2.20. The quantitative estimate of drug-likeness (QED) is 0.875. The van der Waals surface area contributed by atoms with E-state index in [1.165, 1.54) is 0 Å². The van der Waals surface area contributed by atoms with Crippen LogP contribution in [-0.4, -0.2) is 13.7 Å². The molecule has 1 rings (SSSR count). The van der Waals surface area contributed by atoms with E-state index >= 15 is 0 Å². The third-order valence-electron chi connectivity index (χ3n) is 2.82. The molecule has 0 bridgehead atoms. The zero-order chi connectivity index (χ0) is 12.3. The lowest BCUT2D eigenvalue weighted by atomic mass is 9.93. The van der Waals surface area contributed by atoms with E-state index in [9.17, 15) is 0 Å². The number of rotatable bonds is 4. The fourth-order valence-corrected chi connectivity index (χ4v) is 2.03. The fourth-order valence-electron chi connectivity index (χ4n) is 1.79. The summed E-state index contributed by atoms with van der Waals surface area (Å²) in [6.07, 6.45) is 0. The van der Waals surface area contributed by atoms with Gasteiger partial charge in [0.15, 0.2) is 0 Å². The van der Waals surface area contributed by atoms with Gasteiger partial charge in [-0.3, -0.25) is 0 Å². The van der Waals surface area contributed by atoms with E-state index in [0.29, 0.717) is 12.5 Å². The van der Waals surface area contributed by atoms with Crippen LogP contribution in [0.25, 0.3) is 0 Å². The highest BCUT2D eigenvalue weighted by atomic mass is 35.5. The summed E-state index contributed by atoms with van der Waals surface area (Å²) in [5.74, 6) is 1.57. The van der Waals surface area contributed by atoms with E-state index in [-0.39, 0.29) is 5.92 Å². The van der Waals surface area contributed by atoms with Gasteiger partial charge in [0, 0.05) is 5.02 Å². The van der Waals surface area contributed by atoms with Gasteiger partial charge in [0.05, 0.1) is 7.11 Å². The number of hydrogen-bond acceptors (Lipinski definition) is 2. The average Bonchev–Trinajstić information content (AvgIpc) is 2.26. The van der Waals surface area contributed by atoms with E-state index in [1.54, 1.807) is 7.11 Å². The molecule has 1 atom stereocenters. The van der Waals surface area contributed by atoms with Crippen molar-refractivity contribution in [2.24, 2.45) is 5.73 Å². The maximum atomic E-state index is 6.13. The zero-order valence-corrected chi connectivity index (χ0v) is 11.1. The molecule has 90 valence electrons. The predicted molar refractivity (Wildman–Crippen MR) is 69.6 cm³/mol. The van der Waals surface area contributed by atoms with Crippen molar-refractivity contribution in [3.63, 3.8) is 0 Å². The van der Waals surface area contributed by atoms with Crippen LogP contribution >= 0.6 is 11.6 Å². The molecule has 0 spiro atoms. The van der Waals surface area contributed by atoms with Gasteiger partial charge in [-0.1, -0.05) is 32.4 Å². The highest BCUT2D eigenvalue weighted by Gasteiger charge is 2.17. The molecule has 0 aliphatic rings. The maximum absolute atomic E-state index is 6.13. The Morgan fingerprint density at radius 3 is 2.25 bits per heavy atom. The number of halogens is 1. The van der Waals surface area contributed by atoms with Crippen molar-refractivity contribution in [2.45, 2.75) is 32.6 Å². The Labute approximate surface area is 103 Å². The molecule has 0 amide bonds. The molecule has 1 unspecified atom stereocenters. The molecular weight excluding hydrogens is 222 g/mol. The molecule has 16 heavy (non-hydrogen) atoms. The maximum Gasteiger partial charge on any atom is 0.125 e. The molecule has 1 aromatic carbocycles. The van der Waals surface area contributed by atoms with Crippen LogP contribution in [0.5, 0.6) is 5.75 Å².